The molecule has 0 aromatic carbocycles. The van der Waals surface area contributed by atoms with Gasteiger partial charge in [-0.3, -0.25) is 0 Å². The molecule has 0 N–H and O–H groups in total. The van der Waals surface area contributed by atoms with Crippen LogP contribution in [-0.4, -0.2) is 37.7 Å². The zero-order chi connectivity index (χ0) is 16.6. The number of hydrogen-bond acceptors (Lipinski definition) is 6. The van der Waals surface area contributed by atoms with Crippen LogP contribution in [0.15, 0.2) is 22.0 Å². The summed E-state index contributed by atoms with van der Waals surface area (Å²) in [6.07, 6.45) is 3.21. The Morgan fingerprint density at radius 1 is 1.30 bits per heavy atom. The first-order valence-corrected chi connectivity index (χ1v) is 10.6. The fourth-order valence-electron chi connectivity index (χ4n) is 2.67. The summed E-state index contributed by atoms with van der Waals surface area (Å²) in [6, 6.07) is 1.95. The van der Waals surface area contributed by atoms with Crippen molar-refractivity contribution < 1.29 is 8.42 Å². The highest BCUT2D eigenvalue weighted by Gasteiger charge is 2.26. The molecule has 8 heteroatoms. The van der Waals surface area contributed by atoms with E-state index < -0.39 is 9.84 Å². The second-order valence-corrected chi connectivity index (χ2v) is 9.00. The lowest BCUT2D eigenvalue weighted by Crippen LogP contribution is -2.34. The van der Waals surface area contributed by atoms with E-state index in [4.69, 9.17) is 11.6 Å². The van der Waals surface area contributed by atoms with Crippen LogP contribution in [0.1, 0.15) is 19.8 Å². The summed E-state index contributed by atoms with van der Waals surface area (Å²) in [5, 5.41) is 3.90. The molecule has 0 atom stereocenters. The third kappa shape index (κ3) is 3.51. The Kier molecular flexibility index (Phi) is 4.62. The molecule has 0 unspecified atom stereocenters. The molecule has 5 nitrogen and oxygen atoms in total. The van der Waals surface area contributed by atoms with Crippen LogP contribution in [0.4, 0.5) is 5.82 Å². The lowest BCUT2D eigenvalue weighted by atomic mass is 9.98. The summed E-state index contributed by atoms with van der Waals surface area (Å²) < 4.78 is 23.7. The standard InChI is InChI=1S/C15H18ClN3O2S2/c1-10-3-6-19(7-4-10)14-12(11-5-8-22-9-11)13(16)17-15(18-14)23(2,20)21/h5,8-10H,3-4,6-7H2,1-2H3. The van der Waals surface area contributed by atoms with Gasteiger partial charge in [0.25, 0.3) is 0 Å². The first-order chi connectivity index (χ1) is 10.9. The van der Waals surface area contributed by atoms with Crippen molar-refractivity contribution in [1.29, 1.82) is 0 Å². The third-order valence-corrected chi connectivity index (χ3v) is 5.85. The number of nitrogens with zero attached hydrogens (tertiary/aromatic N) is 3. The maximum atomic E-state index is 11.9. The van der Waals surface area contributed by atoms with Crippen molar-refractivity contribution in [2.24, 2.45) is 5.92 Å². The molecule has 1 aliphatic rings. The van der Waals surface area contributed by atoms with E-state index in [1.165, 1.54) is 0 Å². The maximum absolute atomic E-state index is 11.9. The van der Waals surface area contributed by atoms with Gasteiger partial charge in [0, 0.05) is 19.3 Å². The van der Waals surface area contributed by atoms with E-state index in [1.54, 1.807) is 11.3 Å². The predicted octanol–water partition coefficient (Wildman–Crippen LogP) is 3.50. The van der Waals surface area contributed by atoms with Gasteiger partial charge in [-0.05, 0) is 41.1 Å². The summed E-state index contributed by atoms with van der Waals surface area (Å²) >= 11 is 7.90. The first-order valence-electron chi connectivity index (χ1n) is 7.41. The van der Waals surface area contributed by atoms with E-state index in [0.29, 0.717) is 11.7 Å². The molecule has 3 rings (SSSR count). The van der Waals surface area contributed by atoms with Gasteiger partial charge in [0.15, 0.2) is 0 Å². The van der Waals surface area contributed by atoms with E-state index in [2.05, 4.69) is 21.8 Å². The van der Waals surface area contributed by atoms with Crippen LogP contribution in [0.5, 0.6) is 0 Å². The molecule has 0 saturated carbocycles. The van der Waals surface area contributed by atoms with Gasteiger partial charge in [0.1, 0.15) is 11.0 Å². The molecule has 124 valence electrons. The first kappa shape index (κ1) is 16.7. The van der Waals surface area contributed by atoms with Crippen LogP contribution in [0.25, 0.3) is 11.1 Å². The lowest BCUT2D eigenvalue weighted by molar-refractivity contribution is 0.436. The molecule has 2 aromatic heterocycles. The van der Waals surface area contributed by atoms with E-state index >= 15 is 0 Å². The highest BCUT2D eigenvalue weighted by atomic mass is 35.5. The fourth-order valence-corrected chi connectivity index (χ4v) is 4.15. The number of anilines is 1. The van der Waals surface area contributed by atoms with Crippen molar-refractivity contribution in [2.45, 2.75) is 24.9 Å². The summed E-state index contributed by atoms with van der Waals surface area (Å²) in [7, 11) is -3.51. The van der Waals surface area contributed by atoms with Crippen LogP contribution in [0, 0.1) is 5.92 Å². The molecule has 23 heavy (non-hydrogen) atoms. The molecule has 1 aliphatic heterocycles. The Balaban J connectivity index is 2.15. The van der Waals surface area contributed by atoms with Crippen LogP contribution in [0.2, 0.25) is 5.15 Å². The van der Waals surface area contributed by atoms with Gasteiger partial charge >= 0.3 is 0 Å². The summed E-state index contributed by atoms with van der Waals surface area (Å²) in [6.45, 7) is 3.91. The van der Waals surface area contributed by atoms with Gasteiger partial charge in [0.05, 0.1) is 5.56 Å². The minimum absolute atomic E-state index is 0.187. The van der Waals surface area contributed by atoms with E-state index in [1.807, 2.05) is 16.8 Å². The normalized spacial score (nSPS) is 16.7. The Labute approximate surface area is 145 Å². The molecule has 3 heterocycles. The second kappa shape index (κ2) is 6.37. The molecular weight excluding hydrogens is 354 g/mol. The number of aromatic nitrogens is 2. The molecule has 0 amide bonds. The molecule has 2 aromatic rings. The molecule has 0 radical (unpaired) electrons. The van der Waals surface area contributed by atoms with E-state index in [-0.39, 0.29) is 10.3 Å². The molecule has 1 saturated heterocycles. The highest BCUT2D eigenvalue weighted by Crippen LogP contribution is 2.37. The van der Waals surface area contributed by atoms with Gasteiger partial charge in [-0.2, -0.15) is 11.3 Å². The minimum atomic E-state index is -3.51. The van der Waals surface area contributed by atoms with Crippen LogP contribution in [0.3, 0.4) is 0 Å². The number of hydrogen-bond donors (Lipinski definition) is 0. The van der Waals surface area contributed by atoms with Gasteiger partial charge in [-0.25, -0.2) is 18.4 Å². The number of rotatable bonds is 3. The van der Waals surface area contributed by atoms with Gasteiger partial charge in [-0.1, -0.05) is 18.5 Å². The fraction of sp³-hybridized carbons (Fsp3) is 0.467. The van der Waals surface area contributed by atoms with Crippen molar-refractivity contribution in [3.05, 3.63) is 22.0 Å². The van der Waals surface area contributed by atoms with Gasteiger partial charge in [-0.15, -0.1) is 0 Å². The zero-order valence-electron chi connectivity index (χ0n) is 13.0. The zero-order valence-corrected chi connectivity index (χ0v) is 15.4. The SMILES string of the molecule is CC1CCN(c2nc(S(C)(=O)=O)nc(Cl)c2-c2ccsc2)CC1. The average Bonchev–Trinajstić information content (AvgIpc) is 3.00. The quantitative estimate of drug-likeness (QED) is 0.610. The topological polar surface area (TPSA) is 63.2 Å². The van der Waals surface area contributed by atoms with Crippen molar-refractivity contribution in [2.75, 3.05) is 24.2 Å². The number of thiophene rings is 1. The number of piperidine rings is 1. The minimum Gasteiger partial charge on any atom is -0.356 e. The number of halogens is 1. The van der Waals surface area contributed by atoms with Crippen molar-refractivity contribution in [3.8, 4) is 11.1 Å². The molecule has 0 bridgehead atoms. The van der Waals surface area contributed by atoms with Crippen LogP contribution >= 0.6 is 22.9 Å². The van der Waals surface area contributed by atoms with Crippen molar-refractivity contribution >= 4 is 38.6 Å². The largest absolute Gasteiger partial charge is 0.356 e. The third-order valence-electron chi connectivity index (χ3n) is 4.05. The van der Waals surface area contributed by atoms with Crippen LogP contribution < -0.4 is 4.90 Å². The summed E-state index contributed by atoms with van der Waals surface area (Å²) in [4.78, 5) is 10.5. The molecule has 0 aliphatic carbocycles. The summed E-state index contributed by atoms with van der Waals surface area (Å²) in [5.41, 5.74) is 1.64. The molecule has 1 fully saturated rings. The Bertz CT molecular complexity index is 798. The molecular formula is C15H18ClN3O2S2. The highest BCUT2D eigenvalue weighted by molar-refractivity contribution is 7.90. The number of sulfone groups is 1. The lowest BCUT2D eigenvalue weighted by Gasteiger charge is -2.32. The van der Waals surface area contributed by atoms with Crippen LogP contribution in [-0.2, 0) is 9.84 Å². The van der Waals surface area contributed by atoms with Gasteiger partial charge in [0.2, 0.25) is 15.0 Å². The summed E-state index contributed by atoms with van der Waals surface area (Å²) in [5.74, 6) is 1.29. The Morgan fingerprint density at radius 2 is 2.00 bits per heavy atom. The second-order valence-electron chi connectivity index (χ2n) is 5.95. The average molecular weight is 372 g/mol. The maximum Gasteiger partial charge on any atom is 0.250 e. The van der Waals surface area contributed by atoms with Crippen molar-refractivity contribution in [3.63, 3.8) is 0 Å². The Hall–Kier alpha value is -1.18. The smallest absolute Gasteiger partial charge is 0.250 e. The molecule has 0 spiro atoms. The predicted molar refractivity (Wildman–Crippen MR) is 94.1 cm³/mol. The van der Waals surface area contributed by atoms with E-state index in [0.717, 1.165) is 43.3 Å². The monoisotopic (exact) mass is 371 g/mol. The van der Waals surface area contributed by atoms with E-state index in [9.17, 15) is 8.42 Å². The Morgan fingerprint density at radius 3 is 2.57 bits per heavy atom. The van der Waals surface area contributed by atoms with Crippen molar-refractivity contribution in [1.82, 2.24) is 9.97 Å². The van der Waals surface area contributed by atoms with Gasteiger partial charge < -0.3 is 4.90 Å².